The third kappa shape index (κ3) is 4.05. The molecule has 0 aliphatic rings. The predicted octanol–water partition coefficient (Wildman–Crippen LogP) is 4.57. The molecule has 0 unspecified atom stereocenters. The molecule has 0 aliphatic heterocycles. The van der Waals surface area contributed by atoms with Crippen LogP contribution >= 0.6 is 0 Å². The van der Waals surface area contributed by atoms with E-state index in [1.54, 1.807) is 31.2 Å². The zero-order valence-corrected chi connectivity index (χ0v) is 16.5. The van der Waals surface area contributed by atoms with Gasteiger partial charge in [-0.25, -0.2) is 13.6 Å². The van der Waals surface area contributed by atoms with Gasteiger partial charge in [-0.05, 0) is 60.9 Å². The molecular weight excluding hydrogens is 406 g/mol. The highest BCUT2D eigenvalue weighted by Gasteiger charge is 2.15. The predicted molar refractivity (Wildman–Crippen MR) is 112 cm³/mol. The molecule has 0 saturated carbocycles. The Labute approximate surface area is 175 Å². The monoisotopic (exact) mass is 424 g/mol. The lowest BCUT2D eigenvalue weighted by atomic mass is 10.1. The number of carbonyl (C=O) groups excluding carboxylic acids is 1. The van der Waals surface area contributed by atoms with Crippen molar-refractivity contribution < 1.29 is 27.9 Å². The lowest BCUT2D eigenvalue weighted by molar-refractivity contribution is -0.116. The van der Waals surface area contributed by atoms with E-state index in [0.717, 1.165) is 12.1 Å². The summed E-state index contributed by atoms with van der Waals surface area (Å²) >= 11 is 0. The summed E-state index contributed by atoms with van der Waals surface area (Å²) in [5.74, 6) is -2.69. The highest BCUT2D eigenvalue weighted by atomic mass is 19.1. The Bertz CT molecular complexity index is 1350. The fraction of sp³-hybridized carbons (Fsp3) is 0.130. The number of fused-ring (bicyclic) bond motifs is 2. The number of hydrogen-bond donors (Lipinski definition) is 3. The second-order valence-corrected chi connectivity index (χ2v) is 7.10. The molecule has 4 aromatic rings. The van der Waals surface area contributed by atoms with Crippen LogP contribution in [0, 0.1) is 18.6 Å². The minimum Gasteiger partial charge on any atom is -0.475 e. The topological polar surface area (TPSA) is 95.3 Å². The van der Waals surface area contributed by atoms with Gasteiger partial charge < -0.3 is 19.8 Å². The Hall–Kier alpha value is -3.94. The smallest absolute Gasteiger partial charge is 0.371 e. The van der Waals surface area contributed by atoms with Crippen molar-refractivity contribution in [3.8, 4) is 0 Å². The summed E-state index contributed by atoms with van der Waals surface area (Å²) in [7, 11) is 0. The van der Waals surface area contributed by atoms with Gasteiger partial charge in [-0.3, -0.25) is 4.79 Å². The Kier molecular flexibility index (Phi) is 5.29. The van der Waals surface area contributed by atoms with Gasteiger partial charge in [-0.2, -0.15) is 0 Å². The van der Waals surface area contributed by atoms with Gasteiger partial charge in [0.15, 0.2) is 0 Å². The number of nitrogens with one attached hydrogen (secondary N) is 2. The first-order valence-corrected chi connectivity index (χ1v) is 9.51. The van der Waals surface area contributed by atoms with Crippen molar-refractivity contribution in [2.45, 2.75) is 13.3 Å². The first kappa shape index (κ1) is 20.3. The Morgan fingerprint density at radius 3 is 2.71 bits per heavy atom. The van der Waals surface area contributed by atoms with E-state index in [1.165, 1.54) is 12.1 Å². The van der Waals surface area contributed by atoms with E-state index >= 15 is 0 Å². The molecule has 8 heteroatoms. The van der Waals surface area contributed by atoms with Gasteiger partial charge in [0, 0.05) is 29.1 Å². The van der Waals surface area contributed by atoms with Crippen LogP contribution in [0.25, 0.3) is 27.9 Å². The van der Waals surface area contributed by atoms with Crippen LogP contribution in [-0.4, -0.2) is 28.5 Å². The molecule has 2 heterocycles. The highest BCUT2D eigenvalue weighted by molar-refractivity contribution is 5.94. The number of rotatable bonds is 6. The van der Waals surface area contributed by atoms with Gasteiger partial charge >= 0.3 is 5.97 Å². The summed E-state index contributed by atoms with van der Waals surface area (Å²) in [6, 6.07) is 8.63. The molecule has 3 N–H and O–H groups in total. The van der Waals surface area contributed by atoms with Crippen LogP contribution in [0.5, 0.6) is 0 Å². The Morgan fingerprint density at radius 1 is 1.16 bits per heavy atom. The average Bonchev–Trinajstić information content (AvgIpc) is 3.31. The van der Waals surface area contributed by atoms with E-state index in [1.807, 2.05) is 0 Å². The van der Waals surface area contributed by atoms with Crippen molar-refractivity contribution >= 4 is 39.8 Å². The van der Waals surface area contributed by atoms with Crippen molar-refractivity contribution in [1.82, 2.24) is 10.3 Å². The molecule has 2 aromatic heterocycles. The molecule has 0 atom stereocenters. The third-order valence-electron chi connectivity index (χ3n) is 5.02. The first-order valence-electron chi connectivity index (χ1n) is 9.51. The normalized spacial score (nSPS) is 11.6. The minimum absolute atomic E-state index is 0.124. The van der Waals surface area contributed by atoms with E-state index in [4.69, 9.17) is 9.52 Å². The van der Waals surface area contributed by atoms with Crippen LogP contribution in [0.4, 0.5) is 8.78 Å². The molecule has 4 rings (SSSR count). The van der Waals surface area contributed by atoms with Crippen molar-refractivity contribution in [3.63, 3.8) is 0 Å². The van der Waals surface area contributed by atoms with Crippen LogP contribution in [0.3, 0.4) is 0 Å². The Balaban J connectivity index is 1.41. The number of carbonyl (C=O) groups is 2. The van der Waals surface area contributed by atoms with Crippen LogP contribution in [0.1, 0.15) is 27.4 Å². The van der Waals surface area contributed by atoms with Gasteiger partial charge in [0.05, 0.1) is 5.52 Å². The lowest BCUT2D eigenvalue weighted by Gasteiger charge is -2.04. The summed E-state index contributed by atoms with van der Waals surface area (Å²) in [6.07, 6.45) is 3.28. The number of aromatic carboxylic acids is 1. The molecule has 0 spiro atoms. The van der Waals surface area contributed by atoms with Crippen LogP contribution in [-0.2, 0) is 11.2 Å². The van der Waals surface area contributed by atoms with Gasteiger partial charge in [-0.15, -0.1) is 0 Å². The number of aromatic amines is 1. The van der Waals surface area contributed by atoms with E-state index < -0.39 is 17.6 Å². The Morgan fingerprint density at radius 2 is 1.94 bits per heavy atom. The number of halogens is 2. The summed E-state index contributed by atoms with van der Waals surface area (Å²) < 4.78 is 33.3. The van der Waals surface area contributed by atoms with Gasteiger partial charge in [0.2, 0.25) is 11.7 Å². The molecule has 0 radical (unpaired) electrons. The summed E-state index contributed by atoms with van der Waals surface area (Å²) in [6.45, 7) is 1.98. The summed E-state index contributed by atoms with van der Waals surface area (Å²) in [5.41, 5.74) is 2.54. The summed E-state index contributed by atoms with van der Waals surface area (Å²) in [4.78, 5) is 26.0. The van der Waals surface area contributed by atoms with Gasteiger partial charge in [-0.1, -0.05) is 6.07 Å². The maximum absolute atomic E-state index is 14.2. The summed E-state index contributed by atoms with van der Waals surface area (Å²) in [5, 5.41) is 12.5. The van der Waals surface area contributed by atoms with Crippen LogP contribution in [0.2, 0.25) is 0 Å². The molecule has 31 heavy (non-hydrogen) atoms. The first-order chi connectivity index (χ1) is 14.8. The second kappa shape index (κ2) is 8.06. The molecule has 0 bridgehead atoms. The van der Waals surface area contributed by atoms with E-state index in [9.17, 15) is 18.4 Å². The SMILES string of the molecule is Cc1[nH]c2c(F)ccc(F)c2c1CCNC(=O)/C=C/c1ccc2oc(C(=O)O)cc2c1. The third-order valence-corrected chi connectivity index (χ3v) is 5.02. The van der Waals surface area contributed by atoms with Crippen molar-refractivity contribution in [3.05, 3.63) is 76.7 Å². The average molecular weight is 424 g/mol. The molecular formula is C23H18F2N2O4. The number of hydrogen-bond acceptors (Lipinski definition) is 3. The zero-order chi connectivity index (χ0) is 22.1. The number of amides is 1. The lowest BCUT2D eigenvalue weighted by Crippen LogP contribution is -2.23. The molecule has 0 fully saturated rings. The number of aryl methyl sites for hydroxylation is 1. The number of carboxylic acid groups (broad SMARTS) is 1. The molecule has 1 amide bonds. The molecule has 158 valence electrons. The van der Waals surface area contributed by atoms with E-state index in [0.29, 0.717) is 34.2 Å². The van der Waals surface area contributed by atoms with Gasteiger partial charge in [0.1, 0.15) is 17.2 Å². The van der Waals surface area contributed by atoms with Gasteiger partial charge in [0.25, 0.3) is 0 Å². The number of aromatic nitrogens is 1. The largest absolute Gasteiger partial charge is 0.475 e. The van der Waals surface area contributed by atoms with Crippen molar-refractivity contribution in [2.75, 3.05) is 6.54 Å². The zero-order valence-electron chi connectivity index (χ0n) is 16.5. The van der Waals surface area contributed by atoms with Crippen LogP contribution < -0.4 is 5.32 Å². The number of carboxylic acids is 1. The standard InChI is InChI=1S/C23H18F2N2O4/c1-12-15(21-16(24)4-5-17(25)22(21)27-12)8-9-26-20(28)7-3-13-2-6-18-14(10-13)11-19(31-18)23(29)30/h2-7,10-11,27H,8-9H2,1H3,(H,26,28)(H,29,30)/b7-3+. The van der Waals surface area contributed by atoms with Crippen molar-refractivity contribution in [1.29, 1.82) is 0 Å². The number of benzene rings is 2. The van der Waals surface area contributed by atoms with E-state index in [-0.39, 0.29) is 29.1 Å². The maximum atomic E-state index is 14.2. The quantitative estimate of drug-likeness (QED) is 0.395. The second-order valence-electron chi connectivity index (χ2n) is 7.10. The minimum atomic E-state index is -1.15. The maximum Gasteiger partial charge on any atom is 0.371 e. The molecule has 0 aliphatic carbocycles. The van der Waals surface area contributed by atoms with Crippen LogP contribution in [0.15, 0.2) is 46.9 Å². The fourth-order valence-electron chi connectivity index (χ4n) is 3.54. The van der Waals surface area contributed by atoms with E-state index in [2.05, 4.69) is 10.3 Å². The highest BCUT2D eigenvalue weighted by Crippen LogP contribution is 2.27. The fourth-order valence-corrected chi connectivity index (χ4v) is 3.54. The number of furan rings is 1. The molecule has 2 aromatic carbocycles. The number of H-pyrrole nitrogens is 1. The van der Waals surface area contributed by atoms with Crippen molar-refractivity contribution in [2.24, 2.45) is 0 Å². The molecule has 0 saturated heterocycles. The molecule has 6 nitrogen and oxygen atoms in total.